The maximum absolute atomic E-state index is 12.6. The molecular weight excluding hydrogens is 298 g/mol. The van der Waals surface area contributed by atoms with E-state index in [1.54, 1.807) is 0 Å². The van der Waals surface area contributed by atoms with E-state index < -0.39 is 26.4 Å². The van der Waals surface area contributed by atoms with Crippen molar-refractivity contribution in [2.24, 2.45) is 11.8 Å². The summed E-state index contributed by atoms with van der Waals surface area (Å²) >= 11 is 0. The number of nitro groups is 1. The molecule has 114 valence electrons. The molecule has 2 saturated heterocycles. The summed E-state index contributed by atoms with van der Waals surface area (Å²) in [6, 6.07) is 3.16. The first kappa shape index (κ1) is 14.2. The number of hydrogen-bond acceptors (Lipinski definition) is 6. The van der Waals surface area contributed by atoms with Gasteiger partial charge in [-0.2, -0.15) is 4.31 Å². The molecule has 2 unspecified atom stereocenters. The minimum Gasteiger partial charge on any atom is -0.502 e. The Hall–Kier alpha value is -1.71. The Balaban J connectivity index is 1.92. The lowest BCUT2D eigenvalue weighted by Crippen LogP contribution is -2.32. The fraction of sp³-hybridized carbons (Fsp3) is 0.500. The Labute approximate surface area is 121 Å². The lowest BCUT2D eigenvalue weighted by atomic mass is 10.0. The Bertz CT molecular complexity index is 678. The molecule has 9 heteroatoms. The van der Waals surface area contributed by atoms with E-state index in [4.69, 9.17) is 0 Å². The van der Waals surface area contributed by atoms with Crippen molar-refractivity contribution in [3.8, 4) is 5.75 Å². The highest BCUT2D eigenvalue weighted by Crippen LogP contribution is 2.33. The van der Waals surface area contributed by atoms with Crippen LogP contribution in [0.4, 0.5) is 5.69 Å². The van der Waals surface area contributed by atoms with Crippen LogP contribution in [0.3, 0.4) is 0 Å². The van der Waals surface area contributed by atoms with Gasteiger partial charge in [0.05, 0.1) is 9.82 Å². The van der Waals surface area contributed by atoms with Gasteiger partial charge in [-0.15, -0.1) is 0 Å². The number of sulfonamides is 1. The van der Waals surface area contributed by atoms with Crippen LogP contribution >= 0.6 is 0 Å². The van der Waals surface area contributed by atoms with Crippen LogP contribution in [0.5, 0.6) is 5.75 Å². The summed E-state index contributed by atoms with van der Waals surface area (Å²) < 4.78 is 26.5. The van der Waals surface area contributed by atoms with Crippen molar-refractivity contribution in [3.63, 3.8) is 0 Å². The molecule has 0 bridgehead atoms. The Kier molecular flexibility index (Phi) is 3.34. The molecule has 0 aromatic heterocycles. The Morgan fingerprint density at radius 2 is 1.90 bits per heavy atom. The molecule has 2 fully saturated rings. The van der Waals surface area contributed by atoms with Gasteiger partial charge in [0.1, 0.15) is 0 Å². The topological polar surface area (TPSA) is 113 Å². The van der Waals surface area contributed by atoms with Gasteiger partial charge in [0.2, 0.25) is 10.0 Å². The third kappa shape index (κ3) is 2.37. The third-order valence-electron chi connectivity index (χ3n) is 4.14. The van der Waals surface area contributed by atoms with Crippen LogP contribution in [0.25, 0.3) is 0 Å². The van der Waals surface area contributed by atoms with Gasteiger partial charge in [-0.25, -0.2) is 8.42 Å². The monoisotopic (exact) mass is 313 g/mol. The van der Waals surface area contributed by atoms with Crippen molar-refractivity contribution >= 4 is 15.7 Å². The van der Waals surface area contributed by atoms with E-state index in [1.165, 1.54) is 10.4 Å². The van der Waals surface area contributed by atoms with E-state index in [9.17, 15) is 23.6 Å². The van der Waals surface area contributed by atoms with Crippen molar-refractivity contribution in [1.82, 2.24) is 9.62 Å². The van der Waals surface area contributed by atoms with Crippen LogP contribution in [-0.4, -0.2) is 48.9 Å². The Morgan fingerprint density at radius 3 is 2.48 bits per heavy atom. The SMILES string of the molecule is O=[N+]([O-])c1cc(S(=O)(=O)N2CC3CNCC3C2)ccc1O. The molecule has 1 aromatic carbocycles. The van der Waals surface area contributed by atoms with Crippen LogP contribution in [0, 0.1) is 22.0 Å². The summed E-state index contributed by atoms with van der Waals surface area (Å²) in [5, 5.41) is 23.4. The normalized spacial score (nSPS) is 25.9. The van der Waals surface area contributed by atoms with Crippen molar-refractivity contribution in [3.05, 3.63) is 28.3 Å². The quantitative estimate of drug-likeness (QED) is 0.606. The first-order valence-corrected chi connectivity index (χ1v) is 8.02. The van der Waals surface area contributed by atoms with Crippen LogP contribution in [0.15, 0.2) is 23.1 Å². The Morgan fingerprint density at radius 1 is 1.29 bits per heavy atom. The third-order valence-corrected chi connectivity index (χ3v) is 5.96. The van der Waals surface area contributed by atoms with Crippen LogP contribution < -0.4 is 5.32 Å². The fourth-order valence-electron chi connectivity index (χ4n) is 2.97. The number of benzene rings is 1. The van der Waals surface area contributed by atoms with Crippen LogP contribution in [0.1, 0.15) is 0 Å². The predicted octanol–water partition coefficient (Wildman–Crippen LogP) is 0.140. The van der Waals surface area contributed by atoms with E-state index in [0.717, 1.165) is 25.2 Å². The summed E-state index contributed by atoms with van der Waals surface area (Å²) in [5.74, 6) is 0.0557. The van der Waals surface area contributed by atoms with Gasteiger partial charge < -0.3 is 10.4 Å². The molecule has 0 radical (unpaired) electrons. The average molecular weight is 313 g/mol. The molecule has 0 aliphatic carbocycles. The molecule has 0 amide bonds. The van der Waals surface area contributed by atoms with Gasteiger partial charge in [-0.05, 0) is 37.1 Å². The summed E-state index contributed by atoms with van der Waals surface area (Å²) in [6.45, 7) is 2.45. The summed E-state index contributed by atoms with van der Waals surface area (Å²) in [4.78, 5) is 9.86. The minimum atomic E-state index is -3.76. The van der Waals surface area contributed by atoms with Gasteiger partial charge >= 0.3 is 5.69 Å². The van der Waals surface area contributed by atoms with Gasteiger partial charge in [-0.1, -0.05) is 0 Å². The second-order valence-corrected chi connectivity index (χ2v) is 7.35. The average Bonchev–Trinajstić information content (AvgIpc) is 2.99. The maximum Gasteiger partial charge on any atom is 0.312 e. The number of phenolic OH excluding ortho intramolecular Hbond substituents is 1. The second kappa shape index (κ2) is 4.93. The van der Waals surface area contributed by atoms with E-state index in [-0.39, 0.29) is 4.90 Å². The number of rotatable bonds is 3. The van der Waals surface area contributed by atoms with E-state index in [2.05, 4.69) is 5.32 Å². The van der Waals surface area contributed by atoms with Crippen molar-refractivity contribution in [2.75, 3.05) is 26.2 Å². The van der Waals surface area contributed by atoms with E-state index in [1.807, 2.05) is 0 Å². The fourth-order valence-corrected chi connectivity index (χ4v) is 4.54. The number of fused-ring (bicyclic) bond motifs is 1. The molecule has 0 saturated carbocycles. The molecule has 2 heterocycles. The molecule has 2 atom stereocenters. The van der Waals surface area contributed by atoms with Gasteiger partial charge in [0, 0.05) is 19.2 Å². The van der Waals surface area contributed by atoms with Gasteiger partial charge in [0.25, 0.3) is 0 Å². The van der Waals surface area contributed by atoms with Gasteiger partial charge in [-0.3, -0.25) is 10.1 Å². The number of nitrogens with zero attached hydrogens (tertiary/aromatic N) is 2. The van der Waals surface area contributed by atoms with Crippen LogP contribution in [-0.2, 0) is 10.0 Å². The molecular formula is C12H15N3O5S. The van der Waals surface area contributed by atoms with E-state index >= 15 is 0 Å². The number of phenols is 1. The molecule has 2 aliphatic rings. The maximum atomic E-state index is 12.6. The minimum absolute atomic E-state index is 0.153. The summed E-state index contributed by atoms with van der Waals surface area (Å²) in [6.07, 6.45) is 0. The molecule has 3 rings (SSSR count). The highest BCUT2D eigenvalue weighted by atomic mass is 32.2. The smallest absolute Gasteiger partial charge is 0.312 e. The first-order chi connectivity index (χ1) is 9.89. The number of aromatic hydroxyl groups is 1. The predicted molar refractivity (Wildman–Crippen MR) is 73.4 cm³/mol. The zero-order chi connectivity index (χ0) is 15.2. The highest BCUT2D eigenvalue weighted by molar-refractivity contribution is 7.89. The molecule has 21 heavy (non-hydrogen) atoms. The largest absolute Gasteiger partial charge is 0.502 e. The van der Waals surface area contributed by atoms with Gasteiger partial charge in [0.15, 0.2) is 5.75 Å². The zero-order valence-corrected chi connectivity index (χ0v) is 11.9. The zero-order valence-electron chi connectivity index (χ0n) is 11.1. The second-order valence-electron chi connectivity index (χ2n) is 5.41. The molecule has 1 aromatic rings. The number of hydrogen-bond donors (Lipinski definition) is 2. The van der Waals surface area contributed by atoms with Crippen molar-refractivity contribution in [2.45, 2.75) is 4.90 Å². The number of nitro benzene ring substituents is 1. The lowest BCUT2D eigenvalue weighted by Gasteiger charge is -2.17. The molecule has 2 N–H and O–H groups in total. The molecule has 0 spiro atoms. The lowest BCUT2D eigenvalue weighted by molar-refractivity contribution is -0.386. The summed E-state index contributed by atoms with van der Waals surface area (Å²) in [7, 11) is -3.76. The van der Waals surface area contributed by atoms with Crippen LogP contribution in [0.2, 0.25) is 0 Å². The summed E-state index contributed by atoms with van der Waals surface area (Å²) in [5.41, 5.74) is -0.600. The number of nitrogens with one attached hydrogen (secondary N) is 1. The highest BCUT2D eigenvalue weighted by Gasteiger charge is 2.41. The molecule has 2 aliphatic heterocycles. The standard InChI is InChI=1S/C12H15N3O5S/c16-12-2-1-10(3-11(12)15(17)18)21(19,20)14-6-8-4-13-5-9(8)7-14/h1-3,8-9,13,16H,4-7H2. The van der Waals surface area contributed by atoms with Crippen molar-refractivity contribution in [1.29, 1.82) is 0 Å². The molecule has 8 nitrogen and oxygen atoms in total. The first-order valence-electron chi connectivity index (χ1n) is 6.58. The van der Waals surface area contributed by atoms with Crippen molar-refractivity contribution < 1.29 is 18.4 Å². The van der Waals surface area contributed by atoms with E-state index in [0.29, 0.717) is 24.9 Å².